The predicted molar refractivity (Wildman–Crippen MR) is 71.0 cm³/mol. The van der Waals surface area contributed by atoms with Crippen molar-refractivity contribution in [2.75, 3.05) is 5.73 Å². The van der Waals surface area contributed by atoms with Gasteiger partial charge in [0.05, 0.1) is 11.2 Å². The smallest absolute Gasteiger partial charge is 0.145 e. The molecule has 0 saturated carbocycles. The van der Waals surface area contributed by atoms with E-state index in [0.717, 1.165) is 22.3 Å². The van der Waals surface area contributed by atoms with Gasteiger partial charge in [0.1, 0.15) is 5.82 Å². The van der Waals surface area contributed by atoms with Crippen LogP contribution in [0.1, 0.15) is 11.4 Å². The third kappa shape index (κ3) is 2.00. The topological polar surface area (TPSA) is 64.7 Å². The maximum Gasteiger partial charge on any atom is 0.145 e. The molecule has 0 saturated heterocycles. The van der Waals surface area contributed by atoms with Crippen molar-refractivity contribution < 1.29 is 0 Å². The van der Waals surface area contributed by atoms with Gasteiger partial charge in [-0.05, 0) is 12.1 Å². The summed E-state index contributed by atoms with van der Waals surface area (Å²) in [6.07, 6.45) is 3.84. The standard InChI is InChI=1S/C14H12N4/c15-14-13(16-7-8-17-14)9-11-6-5-10-3-1-2-4-12(10)18-11/h1-8H,9H2,(H2,15,17). The van der Waals surface area contributed by atoms with E-state index in [-0.39, 0.29) is 0 Å². The summed E-state index contributed by atoms with van der Waals surface area (Å²) < 4.78 is 0. The molecule has 0 unspecified atom stereocenters. The normalized spacial score (nSPS) is 10.7. The predicted octanol–water partition coefficient (Wildman–Crippen LogP) is 2.20. The van der Waals surface area contributed by atoms with E-state index in [2.05, 4.69) is 21.0 Å². The number of benzene rings is 1. The van der Waals surface area contributed by atoms with Crippen LogP contribution in [0, 0.1) is 0 Å². The summed E-state index contributed by atoms with van der Waals surface area (Å²) in [5.74, 6) is 0.465. The first kappa shape index (κ1) is 10.7. The minimum Gasteiger partial charge on any atom is -0.382 e. The van der Waals surface area contributed by atoms with Crippen molar-refractivity contribution in [1.82, 2.24) is 15.0 Å². The molecule has 0 aliphatic heterocycles. The second kappa shape index (κ2) is 4.41. The number of nitrogens with zero attached hydrogens (tertiary/aromatic N) is 3. The van der Waals surface area contributed by atoms with Crippen LogP contribution in [0.5, 0.6) is 0 Å². The Morgan fingerprint density at radius 1 is 0.944 bits per heavy atom. The average Bonchev–Trinajstić information content (AvgIpc) is 2.41. The summed E-state index contributed by atoms with van der Waals surface area (Å²) in [5.41, 5.74) is 8.47. The number of hydrogen-bond donors (Lipinski definition) is 1. The Bertz CT molecular complexity index is 694. The largest absolute Gasteiger partial charge is 0.382 e. The zero-order valence-electron chi connectivity index (χ0n) is 9.74. The Morgan fingerprint density at radius 3 is 2.67 bits per heavy atom. The molecule has 0 fully saturated rings. The minimum absolute atomic E-state index is 0.465. The van der Waals surface area contributed by atoms with Gasteiger partial charge in [0.2, 0.25) is 0 Å². The number of nitrogen functional groups attached to an aromatic ring is 1. The van der Waals surface area contributed by atoms with Crippen molar-refractivity contribution in [2.24, 2.45) is 0 Å². The lowest BCUT2D eigenvalue weighted by molar-refractivity contribution is 1.00. The second-order valence-corrected chi connectivity index (χ2v) is 4.06. The van der Waals surface area contributed by atoms with Gasteiger partial charge in [0, 0.05) is 29.9 Å². The molecule has 1 aromatic carbocycles. The molecule has 4 heteroatoms. The zero-order chi connectivity index (χ0) is 12.4. The molecule has 0 amide bonds. The molecule has 4 nitrogen and oxygen atoms in total. The highest BCUT2D eigenvalue weighted by atomic mass is 14.9. The monoisotopic (exact) mass is 236 g/mol. The number of nitrogens with two attached hydrogens (primary N) is 1. The van der Waals surface area contributed by atoms with Crippen molar-refractivity contribution in [1.29, 1.82) is 0 Å². The van der Waals surface area contributed by atoms with Gasteiger partial charge < -0.3 is 5.73 Å². The number of pyridine rings is 1. The lowest BCUT2D eigenvalue weighted by Gasteiger charge is -2.04. The summed E-state index contributed by atoms with van der Waals surface area (Å²) >= 11 is 0. The fourth-order valence-electron chi connectivity index (χ4n) is 1.89. The van der Waals surface area contributed by atoms with E-state index in [1.165, 1.54) is 0 Å². The number of hydrogen-bond acceptors (Lipinski definition) is 4. The molecule has 3 rings (SSSR count). The van der Waals surface area contributed by atoms with Gasteiger partial charge in [-0.1, -0.05) is 24.3 Å². The van der Waals surface area contributed by atoms with Gasteiger partial charge in [0.15, 0.2) is 0 Å². The van der Waals surface area contributed by atoms with E-state index in [1.807, 2.05) is 30.3 Å². The SMILES string of the molecule is Nc1nccnc1Cc1ccc2ccccc2n1. The van der Waals surface area contributed by atoms with Crippen LogP contribution in [0.15, 0.2) is 48.8 Å². The minimum atomic E-state index is 0.465. The van der Waals surface area contributed by atoms with Crippen LogP contribution in [0.3, 0.4) is 0 Å². The summed E-state index contributed by atoms with van der Waals surface area (Å²) in [6.45, 7) is 0. The van der Waals surface area contributed by atoms with E-state index in [9.17, 15) is 0 Å². The van der Waals surface area contributed by atoms with Gasteiger partial charge >= 0.3 is 0 Å². The van der Waals surface area contributed by atoms with Crippen molar-refractivity contribution in [2.45, 2.75) is 6.42 Å². The Morgan fingerprint density at radius 2 is 1.78 bits per heavy atom. The molecule has 3 aromatic rings. The highest BCUT2D eigenvalue weighted by Crippen LogP contribution is 2.15. The number of aromatic nitrogens is 3. The van der Waals surface area contributed by atoms with Crippen molar-refractivity contribution in [3.05, 3.63) is 60.2 Å². The number of fused-ring (bicyclic) bond motifs is 1. The van der Waals surface area contributed by atoms with Crippen LogP contribution in [0.4, 0.5) is 5.82 Å². The summed E-state index contributed by atoms with van der Waals surface area (Å²) in [4.78, 5) is 12.8. The van der Waals surface area contributed by atoms with Crippen molar-refractivity contribution in [3.63, 3.8) is 0 Å². The first-order valence-electron chi connectivity index (χ1n) is 5.73. The highest BCUT2D eigenvalue weighted by molar-refractivity contribution is 5.78. The van der Waals surface area contributed by atoms with E-state index in [4.69, 9.17) is 5.73 Å². The van der Waals surface area contributed by atoms with Gasteiger partial charge in [-0.2, -0.15) is 0 Å². The molecule has 0 aliphatic rings. The first-order chi connectivity index (χ1) is 8.83. The van der Waals surface area contributed by atoms with Crippen LogP contribution >= 0.6 is 0 Å². The Hall–Kier alpha value is -2.49. The molecule has 0 spiro atoms. The van der Waals surface area contributed by atoms with E-state index >= 15 is 0 Å². The Kier molecular flexibility index (Phi) is 2.61. The molecule has 2 aromatic heterocycles. The van der Waals surface area contributed by atoms with Gasteiger partial charge in [-0.15, -0.1) is 0 Å². The fourth-order valence-corrected chi connectivity index (χ4v) is 1.89. The maximum atomic E-state index is 5.78. The fraction of sp³-hybridized carbons (Fsp3) is 0.0714. The molecule has 88 valence electrons. The lowest BCUT2D eigenvalue weighted by Crippen LogP contribution is -2.02. The van der Waals surface area contributed by atoms with E-state index < -0.39 is 0 Å². The number of rotatable bonds is 2. The van der Waals surface area contributed by atoms with Crippen LogP contribution < -0.4 is 5.73 Å². The van der Waals surface area contributed by atoms with Crippen LogP contribution in [0.2, 0.25) is 0 Å². The van der Waals surface area contributed by atoms with Crippen LogP contribution in [0.25, 0.3) is 10.9 Å². The molecule has 0 aliphatic carbocycles. The Labute approximate surface area is 105 Å². The summed E-state index contributed by atoms with van der Waals surface area (Å²) in [7, 11) is 0. The molecular weight excluding hydrogens is 224 g/mol. The number of para-hydroxylation sites is 1. The maximum absolute atomic E-state index is 5.78. The van der Waals surface area contributed by atoms with E-state index in [1.54, 1.807) is 12.4 Å². The molecule has 2 heterocycles. The second-order valence-electron chi connectivity index (χ2n) is 4.06. The van der Waals surface area contributed by atoms with Gasteiger partial charge in [-0.25, -0.2) is 4.98 Å². The third-order valence-electron chi connectivity index (χ3n) is 2.81. The summed E-state index contributed by atoms with van der Waals surface area (Å²) in [6, 6.07) is 12.1. The number of anilines is 1. The molecule has 0 radical (unpaired) electrons. The third-order valence-corrected chi connectivity index (χ3v) is 2.81. The van der Waals surface area contributed by atoms with Crippen molar-refractivity contribution >= 4 is 16.7 Å². The molecular formula is C14H12N4. The molecule has 0 atom stereocenters. The quantitative estimate of drug-likeness (QED) is 0.740. The first-order valence-corrected chi connectivity index (χ1v) is 5.73. The Balaban J connectivity index is 1.98. The van der Waals surface area contributed by atoms with Crippen LogP contribution in [-0.4, -0.2) is 15.0 Å². The van der Waals surface area contributed by atoms with Crippen LogP contribution in [-0.2, 0) is 6.42 Å². The van der Waals surface area contributed by atoms with Gasteiger partial charge in [-0.3, -0.25) is 9.97 Å². The van der Waals surface area contributed by atoms with Crippen molar-refractivity contribution in [3.8, 4) is 0 Å². The highest BCUT2D eigenvalue weighted by Gasteiger charge is 2.04. The summed E-state index contributed by atoms with van der Waals surface area (Å²) in [5, 5.41) is 1.13. The lowest BCUT2D eigenvalue weighted by atomic mass is 10.1. The van der Waals surface area contributed by atoms with E-state index in [0.29, 0.717) is 12.2 Å². The average molecular weight is 236 g/mol. The molecule has 2 N–H and O–H groups in total. The molecule has 0 bridgehead atoms. The van der Waals surface area contributed by atoms with Gasteiger partial charge in [0.25, 0.3) is 0 Å². The zero-order valence-corrected chi connectivity index (χ0v) is 9.74. The molecule has 18 heavy (non-hydrogen) atoms.